The number of nitrogens with two attached hydrogens (primary N) is 1. The molecule has 0 atom stereocenters. The molecule has 23 heavy (non-hydrogen) atoms. The van der Waals surface area contributed by atoms with E-state index in [0.717, 1.165) is 0 Å². The van der Waals surface area contributed by atoms with Crippen LogP contribution in [0.3, 0.4) is 0 Å². The highest BCUT2D eigenvalue weighted by atomic mass is 19.1. The first-order valence-corrected chi connectivity index (χ1v) is 6.76. The van der Waals surface area contributed by atoms with Gasteiger partial charge in [0, 0.05) is 6.54 Å². The van der Waals surface area contributed by atoms with Crippen LogP contribution >= 0.6 is 0 Å². The number of halogens is 1. The largest absolute Gasteiger partial charge is 0.490 e. The normalized spacial score (nSPS) is 10.3. The standard InChI is InChI=1S/C14H15FN4O4/c15-8-4-1-2-5-9(8)23-7-3-6-17-13(21)11-10(16)12(20)19-14(22)18-11/h1-2,4-5H,3,6-7,16H2,(H,17,21)(H2,18,19,20,22). The maximum atomic E-state index is 13.3. The summed E-state index contributed by atoms with van der Waals surface area (Å²) >= 11 is 0. The van der Waals surface area contributed by atoms with E-state index in [0.29, 0.717) is 6.42 Å². The molecule has 0 saturated heterocycles. The SMILES string of the molecule is Nc1c(C(=O)NCCCOc2ccccc2F)[nH]c(=O)[nH]c1=O. The van der Waals surface area contributed by atoms with E-state index in [1.54, 1.807) is 12.1 Å². The molecule has 2 rings (SSSR count). The van der Waals surface area contributed by atoms with Crippen molar-refractivity contribution >= 4 is 11.6 Å². The number of carbonyl (C=O) groups is 1. The highest BCUT2D eigenvalue weighted by Gasteiger charge is 2.13. The van der Waals surface area contributed by atoms with Gasteiger partial charge < -0.3 is 20.8 Å². The first-order chi connectivity index (χ1) is 11.0. The van der Waals surface area contributed by atoms with Gasteiger partial charge in [-0.15, -0.1) is 0 Å². The Labute approximate surface area is 129 Å². The van der Waals surface area contributed by atoms with Crippen LogP contribution in [0.4, 0.5) is 10.1 Å². The molecule has 0 bridgehead atoms. The second-order valence-electron chi connectivity index (χ2n) is 4.59. The van der Waals surface area contributed by atoms with E-state index < -0.39 is 23.0 Å². The molecule has 9 heteroatoms. The Morgan fingerprint density at radius 3 is 2.74 bits per heavy atom. The zero-order valence-electron chi connectivity index (χ0n) is 12.0. The van der Waals surface area contributed by atoms with E-state index in [1.165, 1.54) is 12.1 Å². The van der Waals surface area contributed by atoms with Crippen molar-refractivity contribution in [2.45, 2.75) is 6.42 Å². The van der Waals surface area contributed by atoms with Crippen LogP contribution in [0, 0.1) is 5.82 Å². The van der Waals surface area contributed by atoms with Crippen molar-refractivity contribution in [3.05, 3.63) is 56.6 Å². The third-order valence-corrected chi connectivity index (χ3v) is 2.91. The quantitative estimate of drug-likeness (QED) is 0.555. The lowest BCUT2D eigenvalue weighted by molar-refractivity contribution is 0.0947. The van der Waals surface area contributed by atoms with Gasteiger partial charge in [-0.25, -0.2) is 9.18 Å². The van der Waals surface area contributed by atoms with Crippen LogP contribution in [0.15, 0.2) is 33.9 Å². The molecule has 0 aliphatic rings. The minimum Gasteiger partial charge on any atom is -0.490 e. The van der Waals surface area contributed by atoms with Crippen molar-refractivity contribution in [3.8, 4) is 5.75 Å². The van der Waals surface area contributed by atoms with Crippen molar-refractivity contribution in [2.24, 2.45) is 0 Å². The summed E-state index contributed by atoms with van der Waals surface area (Å²) < 4.78 is 18.5. The molecule has 1 heterocycles. The molecule has 122 valence electrons. The summed E-state index contributed by atoms with van der Waals surface area (Å²) in [7, 11) is 0. The van der Waals surface area contributed by atoms with Crippen LogP contribution in [-0.4, -0.2) is 29.0 Å². The number of anilines is 1. The third kappa shape index (κ3) is 4.19. The number of carbonyl (C=O) groups excluding carboxylic acids is 1. The summed E-state index contributed by atoms with van der Waals surface area (Å²) in [5.41, 5.74) is 3.11. The summed E-state index contributed by atoms with van der Waals surface area (Å²) in [6, 6.07) is 5.97. The van der Waals surface area contributed by atoms with E-state index in [4.69, 9.17) is 10.5 Å². The number of aromatic nitrogens is 2. The zero-order valence-corrected chi connectivity index (χ0v) is 12.0. The van der Waals surface area contributed by atoms with Crippen LogP contribution in [0.1, 0.15) is 16.9 Å². The fraction of sp³-hybridized carbons (Fsp3) is 0.214. The monoisotopic (exact) mass is 322 g/mol. The number of aromatic amines is 2. The summed E-state index contributed by atoms with van der Waals surface area (Å²) in [5.74, 6) is -1.02. The van der Waals surface area contributed by atoms with Gasteiger partial charge in [-0.05, 0) is 18.6 Å². The van der Waals surface area contributed by atoms with Crippen molar-refractivity contribution in [2.75, 3.05) is 18.9 Å². The molecule has 1 amide bonds. The van der Waals surface area contributed by atoms with Crippen LogP contribution < -0.4 is 27.0 Å². The van der Waals surface area contributed by atoms with E-state index in [9.17, 15) is 18.8 Å². The van der Waals surface area contributed by atoms with Gasteiger partial charge >= 0.3 is 5.69 Å². The Hall–Kier alpha value is -3.10. The molecule has 2 aromatic rings. The predicted molar refractivity (Wildman–Crippen MR) is 80.9 cm³/mol. The number of H-pyrrole nitrogens is 2. The molecule has 0 saturated carbocycles. The smallest absolute Gasteiger partial charge is 0.326 e. The minimum atomic E-state index is -0.832. The molecule has 0 unspecified atom stereocenters. The number of benzene rings is 1. The molecule has 8 nitrogen and oxygen atoms in total. The minimum absolute atomic E-state index is 0.127. The molecule has 5 N–H and O–H groups in total. The first-order valence-electron chi connectivity index (χ1n) is 6.76. The Kier molecular flexibility index (Phi) is 5.13. The highest BCUT2D eigenvalue weighted by molar-refractivity contribution is 5.96. The van der Waals surface area contributed by atoms with E-state index in [1.807, 2.05) is 4.98 Å². The zero-order chi connectivity index (χ0) is 16.8. The van der Waals surface area contributed by atoms with Crippen LogP contribution in [0.2, 0.25) is 0 Å². The van der Waals surface area contributed by atoms with Gasteiger partial charge in [-0.2, -0.15) is 0 Å². The van der Waals surface area contributed by atoms with Gasteiger partial charge in [0.2, 0.25) is 0 Å². The van der Waals surface area contributed by atoms with E-state index in [2.05, 4.69) is 10.3 Å². The summed E-state index contributed by atoms with van der Waals surface area (Å²) in [4.78, 5) is 38.3. The van der Waals surface area contributed by atoms with Crippen molar-refractivity contribution in [3.63, 3.8) is 0 Å². The maximum absolute atomic E-state index is 13.3. The Balaban J connectivity index is 1.83. The second kappa shape index (κ2) is 7.25. The molecular weight excluding hydrogens is 307 g/mol. The Morgan fingerprint density at radius 1 is 1.26 bits per heavy atom. The first kappa shape index (κ1) is 16.3. The lowest BCUT2D eigenvalue weighted by Gasteiger charge is -2.08. The Bertz CT molecular complexity index is 815. The predicted octanol–water partition coefficient (Wildman–Crippen LogP) is -0.0166. The lowest BCUT2D eigenvalue weighted by atomic mass is 10.3. The fourth-order valence-electron chi connectivity index (χ4n) is 1.78. The number of amides is 1. The van der Waals surface area contributed by atoms with Gasteiger partial charge in [0.1, 0.15) is 11.4 Å². The molecule has 0 fully saturated rings. The summed E-state index contributed by atoms with van der Waals surface area (Å²) in [5, 5.41) is 2.48. The molecule has 0 aliphatic carbocycles. The maximum Gasteiger partial charge on any atom is 0.326 e. The number of rotatable bonds is 6. The summed E-state index contributed by atoms with van der Waals surface area (Å²) in [6.07, 6.45) is 0.396. The Morgan fingerprint density at radius 2 is 2.00 bits per heavy atom. The average Bonchev–Trinajstić information content (AvgIpc) is 2.52. The van der Waals surface area contributed by atoms with Crippen LogP contribution in [0.25, 0.3) is 0 Å². The van der Waals surface area contributed by atoms with Gasteiger partial charge in [-0.1, -0.05) is 12.1 Å². The third-order valence-electron chi connectivity index (χ3n) is 2.91. The topological polar surface area (TPSA) is 130 Å². The highest BCUT2D eigenvalue weighted by Crippen LogP contribution is 2.15. The molecule has 0 spiro atoms. The van der Waals surface area contributed by atoms with Crippen molar-refractivity contribution in [1.82, 2.24) is 15.3 Å². The fourth-order valence-corrected chi connectivity index (χ4v) is 1.78. The van der Waals surface area contributed by atoms with Gasteiger partial charge in [-0.3, -0.25) is 14.6 Å². The van der Waals surface area contributed by atoms with E-state index in [-0.39, 0.29) is 30.3 Å². The number of nitrogens with one attached hydrogen (secondary N) is 3. The average molecular weight is 322 g/mol. The lowest BCUT2D eigenvalue weighted by Crippen LogP contribution is -2.34. The van der Waals surface area contributed by atoms with Crippen LogP contribution in [-0.2, 0) is 0 Å². The summed E-state index contributed by atoms with van der Waals surface area (Å²) in [6.45, 7) is 0.379. The van der Waals surface area contributed by atoms with Crippen molar-refractivity contribution < 1.29 is 13.9 Å². The number of hydrogen-bond donors (Lipinski definition) is 4. The molecular formula is C14H15FN4O4. The van der Waals surface area contributed by atoms with Crippen molar-refractivity contribution in [1.29, 1.82) is 0 Å². The number of hydrogen-bond acceptors (Lipinski definition) is 5. The van der Waals surface area contributed by atoms with Gasteiger partial charge in [0.15, 0.2) is 11.6 Å². The molecule has 1 aromatic carbocycles. The van der Waals surface area contributed by atoms with Gasteiger partial charge in [0.25, 0.3) is 11.5 Å². The number of nitrogen functional groups attached to an aromatic ring is 1. The number of para-hydroxylation sites is 1. The van der Waals surface area contributed by atoms with Gasteiger partial charge in [0.05, 0.1) is 6.61 Å². The second-order valence-corrected chi connectivity index (χ2v) is 4.59. The van der Waals surface area contributed by atoms with E-state index >= 15 is 0 Å². The molecule has 0 aliphatic heterocycles. The molecule has 1 aromatic heterocycles. The van der Waals surface area contributed by atoms with Crippen LogP contribution in [0.5, 0.6) is 5.75 Å². The number of ether oxygens (including phenoxy) is 1. The molecule has 0 radical (unpaired) electrons.